The Morgan fingerprint density at radius 1 is 1.11 bits per heavy atom. The van der Waals surface area contributed by atoms with Crippen LogP contribution in [0.2, 0.25) is 0 Å². The molecule has 0 aliphatic carbocycles. The number of amides is 4. The maximum Gasteiger partial charge on any atom is 0.326 e. The van der Waals surface area contributed by atoms with Gasteiger partial charge in [0.2, 0.25) is 23.6 Å². The number of hydrogen-bond acceptors (Lipinski definition) is 7. The van der Waals surface area contributed by atoms with Crippen LogP contribution >= 0.6 is 0 Å². The Morgan fingerprint density at radius 3 is 2.29 bits per heavy atom. The van der Waals surface area contributed by atoms with Gasteiger partial charge in [-0.3, -0.25) is 24.0 Å². The van der Waals surface area contributed by atoms with Crippen LogP contribution in [0.1, 0.15) is 25.7 Å². The van der Waals surface area contributed by atoms with Gasteiger partial charge in [0.25, 0.3) is 0 Å². The number of carbonyl (C=O) groups is 6. The summed E-state index contributed by atoms with van der Waals surface area (Å²) in [6.45, 7) is -0.502. The number of likely N-dealkylation sites (tertiary alicyclic amines) is 1. The number of rotatable bonds is 10. The molecule has 13 nitrogen and oxygen atoms in total. The van der Waals surface area contributed by atoms with Crippen molar-refractivity contribution in [3.8, 4) is 0 Å². The lowest BCUT2D eigenvalue weighted by Gasteiger charge is -2.26. The first-order valence-corrected chi connectivity index (χ1v) is 8.39. The zero-order valence-corrected chi connectivity index (χ0v) is 14.9. The average molecular weight is 401 g/mol. The second-order valence-corrected chi connectivity index (χ2v) is 6.24. The molecule has 28 heavy (non-hydrogen) atoms. The Labute approximate surface area is 159 Å². The maximum atomic E-state index is 12.5. The van der Waals surface area contributed by atoms with Gasteiger partial charge in [0, 0.05) is 6.54 Å². The molecule has 1 fully saturated rings. The number of carboxylic acid groups (broad SMARTS) is 2. The van der Waals surface area contributed by atoms with Gasteiger partial charge in [-0.05, 0) is 12.8 Å². The van der Waals surface area contributed by atoms with Gasteiger partial charge in [-0.25, -0.2) is 4.79 Å². The summed E-state index contributed by atoms with van der Waals surface area (Å²) >= 11 is 0. The quantitative estimate of drug-likeness (QED) is 0.212. The molecular weight excluding hydrogens is 378 g/mol. The van der Waals surface area contributed by atoms with Crippen molar-refractivity contribution in [1.29, 1.82) is 0 Å². The predicted molar refractivity (Wildman–Crippen MR) is 91.4 cm³/mol. The Balaban J connectivity index is 2.70. The van der Waals surface area contributed by atoms with Crippen LogP contribution in [0.5, 0.6) is 0 Å². The van der Waals surface area contributed by atoms with Gasteiger partial charge in [0.05, 0.1) is 25.4 Å². The van der Waals surface area contributed by atoms with Gasteiger partial charge < -0.3 is 37.2 Å². The Morgan fingerprint density at radius 2 is 1.75 bits per heavy atom. The van der Waals surface area contributed by atoms with Gasteiger partial charge >= 0.3 is 11.9 Å². The van der Waals surface area contributed by atoms with E-state index in [0.29, 0.717) is 6.42 Å². The molecule has 0 aromatic carbocycles. The summed E-state index contributed by atoms with van der Waals surface area (Å²) in [6, 6.07) is -3.85. The van der Waals surface area contributed by atoms with Crippen LogP contribution in [0.3, 0.4) is 0 Å². The molecule has 4 amide bonds. The topological polar surface area (TPSA) is 222 Å². The molecule has 0 spiro atoms. The Hall–Kier alpha value is -3.22. The van der Waals surface area contributed by atoms with E-state index in [-0.39, 0.29) is 13.0 Å². The molecule has 0 bridgehead atoms. The van der Waals surface area contributed by atoms with Crippen molar-refractivity contribution in [2.75, 3.05) is 13.1 Å². The molecular formula is C15H23N5O8. The fraction of sp³-hybridized carbons (Fsp3) is 0.600. The van der Waals surface area contributed by atoms with Gasteiger partial charge in [-0.1, -0.05) is 0 Å². The highest BCUT2D eigenvalue weighted by Crippen LogP contribution is 2.19. The van der Waals surface area contributed by atoms with Crippen LogP contribution in [0.15, 0.2) is 0 Å². The van der Waals surface area contributed by atoms with Gasteiger partial charge in [0.1, 0.15) is 12.1 Å². The molecule has 3 atom stereocenters. The zero-order chi connectivity index (χ0) is 21.4. The number of nitrogens with two attached hydrogens (primary N) is 2. The van der Waals surface area contributed by atoms with Crippen molar-refractivity contribution in [3.63, 3.8) is 0 Å². The van der Waals surface area contributed by atoms with E-state index in [1.54, 1.807) is 0 Å². The van der Waals surface area contributed by atoms with Crippen molar-refractivity contribution in [3.05, 3.63) is 0 Å². The third-order valence-corrected chi connectivity index (χ3v) is 4.01. The van der Waals surface area contributed by atoms with Crippen LogP contribution in [-0.4, -0.2) is 81.9 Å². The minimum absolute atomic E-state index is 0.125. The molecule has 0 aromatic heterocycles. The monoisotopic (exact) mass is 401 g/mol. The summed E-state index contributed by atoms with van der Waals surface area (Å²) in [5.74, 6) is -5.96. The smallest absolute Gasteiger partial charge is 0.326 e. The summed E-state index contributed by atoms with van der Waals surface area (Å²) < 4.78 is 0. The lowest BCUT2D eigenvalue weighted by Crippen LogP contribution is -2.54. The first kappa shape index (κ1) is 22.8. The van der Waals surface area contributed by atoms with Gasteiger partial charge in [-0.15, -0.1) is 0 Å². The number of aliphatic carboxylic acids is 2. The molecule has 1 rings (SSSR count). The standard InChI is InChI=1S/C15H23N5O8/c16-7(4-10(17)21)13(25)18-6-11(22)19-8(5-12(23)24)14(26)20-3-1-2-9(20)15(27)28/h7-9H,1-6,16H2,(H2,17,21)(H,18,25)(H,19,22)(H,23,24)(H,27,28). The van der Waals surface area contributed by atoms with Crippen LogP contribution in [0.25, 0.3) is 0 Å². The maximum absolute atomic E-state index is 12.5. The van der Waals surface area contributed by atoms with E-state index in [1.807, 2.05) is 0 Å². The normalized spacial score (nSPS) is 18.0. The number of primary amides is 1. The third kappa shape index (κ3) is 6.83. The lowest BCUT2D eigenvalue weighted by molar-refractivity contribution is -0.150. The van der Waals surface area contributed by atoms with E-state index in [2.05, 4.69) is 10.6 Å². The highest BCUT2D eigenvalue weighted by molar-refractivity contribution is 5.95. The fourth-order valence-electron chi connectivity index (χ4n) is 2.72. The van der Waals surface area contributed by atoms with Crippen LogP contribution in [-0.2, 0) is 28.8 Å². The van der Waals surface area contributed by atoms with E-state index in [4.69, 9.17) is 21.7 Å². The number of hydrogen-bond donors (Lipinski definition) is 6. The van der Waals surface area contributed by atoms with E-state index in [9.17, 15) is 28.8 Å². The van der Waals surface area contributed by atoms with Gasteiger partial charge in [0.15, 0.2) is 0 Å². The van der Waals surface area contributed by atoms with E-state index < -0.39 is 73.1 Å². The first-order chi connectivity index (χ1) is 13.0. The number of nitrogens with one attached hydrogen (secondary N) is 2. The van der Waals surface area contributed by atoms with E-state index in [1.165, 1.54) is 0 Å². The van der Waals surface area contributed by atoms with E-state index >= 15 is 0 Å². The average Bonchev–Trinajstić information content (AvgIpc) is 3.07. The second kappa shape index (κ2) is 10.2. The Kier molecular flexibility index (Phi) is 8.31. The predicted octanol–water partition coefficient (Wildman–Crippen LogP) is -3.66. The molecule has 0 aromatic rings. The third-order valence-electron chi connectivity index (χ3n) is 4.01. The van der Waals surface area contributed by atoms with Gasteiger partial charge in [-0.2, -0.15) is 0 Å². The van der Waals surface area contributed by atoms with Crippen LogP contribution < -0.4 is 22.1 Å². The summed E-state index contributed by atoms with van der Waals surface area (Å²) in [4.78, 5) is 70.1. The molecule has 156 valence electrons. The summed E-state index contributed by atoms with van der Waals surface area (Å²) in [5, 5.41) is 22.4. The molecule has 3 unspecified atom stereocenters. The molecule has 13 heteroatoms. The molecule has 1 aliphatic rings. The number of nitrogens with zero attached hydrogens (tertiary/aromatic N) is 1. The minimum atomic E-state index is -1.50. The van der Waals surface area contributed by atoms with E-state index in [0.717, 1.165) is 4.90 Å². The van der Waals surface area contributed by atoms with Crippen LogP contribution in [0, 0.1) is 0 Å². The fourth-order valence-corrected chi connectivity index (χ4v) is 2.72. The number of carboxylic acids is 2. The molecule has 0 saturated carbocycles. The largest absolute Gasteiger partial charge is 0.481 e. The molecule has 1 aliphatic heterocycles. The lowest BCUT2D eigenvalue weighted by atomic mass is 10.1. The SMILES string of the molecule is NC(=O)CC(N)C(=O)NCC(=O)NC(CC(=O)O)C(=O)N1CCCC1C(=O)O. The Bertz CT molecular complexity index is 667. The summed E-state index contributed by atoms with van der Waals surface area (Å²) in [6.07, 6.45) is -0.533. The summed E-state index contributed by atoms with van der Waals surface area (Å²) in [5.41, 5.74) is 10.3. The molecule has 1 saturated heterocycles. The molecule has 0 radical (unpaired) electrons. The molecule has 8 N–H and O–H groups in total. The summed E-state index contributed by atoms with van der Waals surface area (Å²) in [7, 11) is 0. The zero-order valence-electron chi connectivity index (χ0n) is 14.9. The van der Waals surface area contributed by atoms with Crippen molar-refractivity contribution in [2.24, 2.45) is 11.5 Å². The second-order valence-electron chi connectivity index (χ2n) is 6.24. The first-order valence-electron chi connectivity index (χ1n) is 8.39. The van der Waals surface area contributed by atoms with Crippen molar-refractivity contribution in [1.82, 2.24) is 15.5 Å². The van der Waals surface area contributed by atoms with Crippen molar-refractivity contribution < 1.29 is 39.0 Å². The molecule has 1 heterocycles. The number of carbonyl (C=O) groups excluding carboxylic acids is 4. The highest BCUT2D eigenvalue weighted by Gasteiger charge is 2.38. The van der Waals surface area contributed by atoms with Crippen molar-refractivity contribution >= 4 is 35.6 Å². The van der Waals surface area contributed by atoms with Crippen molar-refractivity contribution in [2.45, 2.75) is 43.8 Å². The van der Waals surface area contributed by atoms with Crippen LogP contribution in [0.4, 0.5) is 0 Å². The highest BCUT2D eigenvalue weighted by atomic mass is 16.4. The minimum Gasteiger partial charge on any atom is -0.481 e.